The first kappa shape index (κ1) is 11.9. The fourth-order valence-corrected chi connectivity index (χ4v) is 2.80. The second kappa shape index (κ2) is 4.84. The molecule has 1 N–H and O–H groups in total. The van der Waals surface area contributed by atoms with E-state index >= 15 is 0 Å². The molecule has 3 rings (SSSR count). The predicted octanol–water partition coefficient (Wildman–Crippen LogP) is 2.86. The van der Waals surface area contributed by atoms with Crippen LogP contribution in [0.5, 0.6) is 0 Å². The number of carbonyl (C=O) groups is 1. The van der Waals surface area contributed by atoms with Crippen LogP contribution < -0.4 is 0 Å². The second-order valence-corrected chi connectivity index (χ2v) is 4.95. The Morgan fingerprint density at radius 3 is 3.00 bits per heavy atom. The third-order valence-corrected chi connectivity index (χ3v) is 3.61. The summed E-state index contributed by atoms with van der Waals surface area (Å²) in [6.45, 7) is 0. The minimum absolute atomic E-state index is 0.0237. The van der Waals surface area contributed by atoms with E-state index in [1.807, 2.05) is 12.3 Å². The summed E-state index contributed by atoms with van der Waals surface area (Å²) in [5.74, 6) is -0.822. The number of carboxylic acids is 1. The molecule has 1 aromatic carbocycles. The molecule has 1 heterocycles. The zero-order chi connectivity index (χ0) is 13.2. The molecular weight excluding hydrogens is 238 g/mol. The number of hydrogen-bond acceptors (Lipinski definition) is 2. The zero-order valence-electron chi connectivity index (χ0n) is 10.6. The standard InChI is InChI=1S/C16H15NO2/c18-16(19)8-11-7-13(10-17-9-11)15-6-2-4-12-3-1-5-14(12)15/h2,4,6-7,9-10H,1,3,5,8H2,(H,18,19). The van der Waals surface area contributed by atoms with Crippen molar-refractivity contribution in [1.82, 2.24) is 4.98 Å². The van der Waals surface area contributed by atoms with Gasteiger partial charge in [-0.3, -0.25) is 9.78 Å². The third-order valence-electron chi connectivity index (χ3n) is 3.61. The Balaban J connectivity index is 2.03. The lowest BCUT2D eigenvalue weighted by atomic mass is 9.97. The van der Waals surface area contributed by atoms with Gasteiger partial charge in [0.05, 0.1) is 6.42 Å². The highest BCUT2D eigenvalue weighted by Gasteiger charge is 2.15. The summed E-state index contributed by atoms with van der Waals surface area (Å²) in [5, 5.41) is 8.86. The van der Waals surface area contributed by atoms with Crippen molar-refractivity contribution in [2.24, 2.45) is 0 Å². The average Bonchev–Trinajstić information content (AvgIpc) is 2.86. The molecule has 1 aromatic heterocycles. The van der Waals surface area contributed by atoms with Crippen molar-refractivity contribution in [1.29, 1.82) is 0 Å². The molecule has 3 heteroatoms. The van der Waals surface area contributed by atoms with E-state index in [1.54, 1.807) is 6.20 Å². The minimum atomic E-state index is -0.822. The van der Waals surface area contributed by atoms with Crippen LogP contribution in [0.15, 0.2) is 36.7 Å². The average molecular weight is 253 g/mol. The van der Waals surface area contributed by atoms with E-state index in [9.17, 15) is 4.79 Å². The maximum Gasteiger partial charge on any atom is 0.307 e. The van der Waals surface area contributed by atoms with Crippen LogP contribution in [0.25, 0.3) is 11.1 Å². The lowest BCUT2D eigenvalue weighted by Crippen LogP contribution is -2.01. The van der Waals surface area contributed by atoms with E-state index in [4.69, 9.17) is 5.11 Å². The Kier molecular flexibility index (Phi) is 3.03. The molecule has 2 aromatic rings. The van der Waals surface area contributed by atoms with E-state index in [2.05, 4.69) is 23.2 Å². The van der Waals surface area contributed by atoms with Crippen LogP contribution in [0, 0.1) is 0 Å². The van der Waals surface area contributed by atoms with Crippen LogP contribution in [0.1, 0.15) is 23.1 Å². The number of nitrogens with zero attached hydrogens (tertiary/aromatic N) is 1. The topological polar surface area (TPSA) is 50.2 Å². The van der Waals surface area contributed by atoms with Gasteiger partial charge in [-0.1, -0.05) is 18.2 Å². The van der Waals surface area contributed by atoms with Crippen LogP contribution in [0.4, 0.5) is 0 Å². The fraction of sp³-hybridized carbons (Fsp3) is 0.250. The van der Waals surface area contributed by atoms with Crippen molar-refractivity contribution in [2.45, 2.75) is 25.7 Å². The second-order valence-electron chi connectivity index (χ2n) is 4.95. The molecule has 1 aliphatic rings. The van der Waals surface area contributed by atoms with Gasteiger partial charge in [-0.25, -0.2) is 0 Å². The lowest BCUT2D eigenvalue weighted by Gasteiger charge is -2.09. The molecule has 0 saturated carbocycles. The molecule has 0 amide bonds. The molecule has 0 spiro atoms. The Labute approximate surface area is 111 Å². The van der Waals surface area contributed by atoms with Gasteiger partial charge in [0.15, 0.2) is 0 Å². The molecule has 0 radical (unpaired) electrons. The van der Waals surface area contributed by atoms with E-state index in [0.717, 1.165) is 24.0 Å². The van der Waals surface area contributed by atoms with Gasteiger partial charge in [-0.2, -0.15) is 0 Å². The summed E-state index contributed by atoms with van der Waals surface area (Å²) >= 11 is 0. The fourth-order valence-electron chi connectivity index (χ4n) is 2.80. The molecule has 96 valence electrons. The highest BCUT2D eigenvalue weighted by Crippen LogP contribution is 2.32. The van der Waals surface area contributed by atoms with Crippen LogP contribution in [-0.2, 0) is 24.1 Å². The number of aliphatic carboxylic acids is 1. The smallest absolute Gasteiger partial charge is 0.307 e. The number of pyridine rings is 1. The molecule has 3 nitrogen and oxygen atoms in total. The Hall–Kier alpha value is -2.16. The van der Waals surface area contributed by atoms with Gasteiger partial charge in [-0.05, 0) is 47.6 Å². The third kappa shape index (κ3) is 2.36. The monoisotopic (exact) mass is 253 g/mol. The molecule has 0 unspecified atom stereocenters. The van der Waals surface area contributed by atoms with E-state index in [-0.39, 0.29) is 6.42 Å². The molecular formula is C16H15NO2. The van der Waals surface area contributed by atoms with Crippen LogP contribution in [0.2, 0.25) is 0 Å². The van der Waals surface area contributed by atoms with Gasteiger partial charge < -0.3 is 5.11 Å². The molecule has 0 saturated heterocycles. The number of hydrogen-bond donors (Lipinski definition) is 1. The van der Waals surface area contributed by atoms with Gasteiger partial charge >= 0.3 is 5.97 Å². The predicted molar refractivity (Wildman–Crippen MR) is 73.0 cm³/mol. The van der Waals surface area contributed by atoms with Crippen molar-refractivity contribution in [2.75, 3.05) is 0 Å². The molecule has 0 aliphatic heterocycles. The van der Waals surface area contributed by atoms with Crippen molar-refractivity contribution >= 4 is 5.97 Å². The summed E-state index contributed by atoms with van der Waals surface area (Å²) in [6, 6.07) is 8.30. The number of aryl methyl sites for hydroxylation is 1. The summed E-state index contributed by atoms with van der Waals surface area (Å²) in [5.41, 5.74) is 5.80. The first-order valence-corrected chi connectivity index (χ1v) is 6.51. The van der Waals surface area contributed by atoms with E-state index in [1.165, 1.54) is 23.1 Å². The maximum atomic E-state index is 10.8. The lowest BCUT2D eigenvalue weighted by molar-refractivity contribution is -0.136. The Morgan fingerprint density at radius 1 is 1.26 bits per heavy atom. The van der Waals surface area contributed by atoms with E-state index < -0.39 is 5.97 Å². The SMILES string of the molecule is O=C(O)Cc1cncc(-c2cccc3c2CCC3)c1. The first-order chi connectivity index (χ1) is 9.24. The largest absolute Gasteiger partial charge is 0.481 e. The van der Waals surface area contributed by atoms with Gasteiger partial charge in [0.1, 0.15) is 0 Å². The highest BCUT2D eigenvalue weighted by molar-refractivity contribution is 5.73. The van der Waals surface area contributed by atoms with Gasteiger partial charge in [-0.15, -0.1) is 0 Å². The van der Waals surface area contributed by atoms with Gasteiger partial charge in [0.25, 0.3) is 0 Å². The number of carboxylic acid groups (broad SMARTS) is 1. The van der Waals surface area contributed by atoms with Crippen LogP contribution in [-0.4, -0.2) is 16.1 Å². The number of fused-ring (bicyclic) bond motifs is 1. The van der Waals surface area contributed by atoms with E-state index in [0.29, 0.717) is 0 Å². The highest BCUT2D eigenvalue weighted by atomic mass is 16.4. The molecule has 0 fully saturated rings. The van der Waals surface area contributed by atoms with Crippen molar-refractivity contribution in [3.63, 3.8) is 0 Å². The molecule has 1 aliphatic carbocycles. The summed E-state index contributed by atoms with van der Waals surface area (Å²) in [4.78, 5) is 15.0. The molecule has 0 bridgehead atoms. The zero-order valence-corrected chi connectivity index (χ0v) is 10.6. The maximum absolute atomic E-state index is 10.8. The normalized spacial score (nSPS) is 13.3. The number of rotatable bonds is 3. The van der Waals surface area contributed by atoms with Gasteiger partial charge in [0, 0.05) is 18.0 Å². The Bertz CT molecular complexity index is 634. The summed E-state index contributed by atoms with van der Waals surface area (Å²) < 4.78 is 0. The summed E-state index contributed by atoms with van der Waals surface area (Å²) in [6.07, 6.45) is 6.92. The Morgan fingerprint density at radius 2 is 2.16 bits per heavy atom. The van der Waals surface area contributed by atoms with Crippen molar-refractivity contribution in [3.8, 4) is 11.1 Å². The van der Waals surface area contributed by atoms with Crippen LogP contribution in [0.3, 0.4) is 0 Å². The minimum Gasteiger partial charge on any atom is -0.481 e. The van der Waals surface area contributed by atoms with Crippen LogP contribution >= 0.6 is 0 Å². The number of aromatic nitrogens is 1. The summed E-state index contributed by atoms with van der Waals surface area (Å²) in [7, 11) is 0. The molecule has 19 heavy (non-hydrogen) atoms. The number of benzene rings is 1. The van der Waals surface area contributed by atoms with Crippen molar-refractivity contribution in [3.05, 3.63) is 53.3 Å². The quantitative estimate of drug-likeness (QED) is 0.915. The van der Waals surface area contributed by atoms with Gasteiger partial charge in [0.2, 0.25) is 0 Å². The molecule has 0 atom stereocenters. The van der Waals surface area contributed by atoms with Crippen molar-refractivity contribution < 1.29 is 9.90 Å². The first-order valence-electron chi connectivity index (χ1n) is 6.51.